The summed E-state index contributed by atoms with van der Waals surface area (Å²) in [5.41, 5.74) is 4.00. The number of nitrogens with one attached hydrogen (secondary N) is 1. The van der Waals surface area contributed by atoms with E-state index in [0.717, 1.165) is 11.3 Å². The van der Waals surface area contributed by atoms with Crippen molar-refractivity contribution in [2.75, 3.05) is 14.2 Å². The Morgan fingerprint density at radius 2 is 1.77 bits per heavy atom. The lowest BCUT2D eigenvalue weighted by atomic mass is 10.1. The van der Waals surface area contributed by atoms with Crippen molar-refractivity contribution in [2.45, 2.75) is 13.3 Å². The van der Waals surface area contributed by atoms with Crippen LogP contribution in [0, 0.1) is 0 Å². The van der Waals surface area contributed by atoms with Crippen LogP contribution in [0.5, 0.6) is 17.2 Å². The SMILES string of the molecule is COc1ccc(CC(=O)N/N=C/c2ccc(OC(C)=O)c(OC)c2)cc1. The summed E-state index contributed by atoms with van der Waals surface area (Å²) in [5, 5.41) is 3.92. The molecule has 2 rings (SSSR count). The maximum absolute atomic E-state index is 11.9. The molecule has 0 unspecified atom stereocenters. The maximum Gasteiger partial charge on any atom is 0.308 e. The highest BCUT2D eigenvalue weighted by Gasteiger charge is 2.07. The molecule has 0 saturated carbocycles. The largest absolute Gasteiger partial charge is 0.497 e. The van der Waals surface area contributed by atoms with E-state index in [0.29, 0.717) is 17.1 Å². The van der Waals surface area contributed by atoms with Gasteiger partial charge in [0, 0.05) is 6.92 Å². The molecule has 26 heavy (non-hydrogen) atoms. The van der Waals surface area contributed by atoms with Gasteiger partial charge in [0.1, 0.15) is 5.75 Å². The quantitative estimate of drug-likeness (QED) is 0.356. The second kappa shape index (κ2) is 9.22. The van der Waals surface area contributed by atoms with Gasteiger partial charge in [-0.15, -0.1) is 0 Å². The molecule has 0 fully saturated rings. The zero-order valence-electron chi connectivity index (χ0n) is 14.8. The lowest BCUT2D eigenvalue weighted by molar-refractivity contribution is -0.132. The van der Waals surface area contributed by atoms with Crippen LogP contribution in [0.15, 0.2) is 47.6 Å². The number of carbonyl (C=O) groups is 2. The highest BCUT2D eigenvalue weighted by atomic mass is 16.6. The summed E-state index contributed by atoms with van der Waals surface area (Å²) in [6.45, 7) is 1.31. The highest BCUT2D eigenvalue weighted by Crippen LogP contribution is 2.27. The summed E-state index contributed by atoms with van der Waals surface area (Å²) >= 11 is 0. The van der Waals surface area contributed by atoms with Gasteiger partial charge in [-0.1, -0.05) is 12.1 Å². The van der Waals surface area contributed by atoms with Crippen molar-refractivity contribution >= 4 is 18.1 Å². The van der Waals surface area contributed by atoms with Crippen LogP contribution in [0.2, 0.25) is 0 Å². The zero-order valence-corrected chi connectivity index (χ0v) is 14.8. The minimum Gasteiger partial charge on any atom is -0.497 e. The number of benzene rings is 2. The molecule has 2 aromatic carbocycles. The van der Waals surface area contributed by atoms with Crippen molar-refractivity contribution in [3.05, 3.63) is 53.6 Å². The number of esters is 1. The molecule has 0 aromatic heterocycles. The molecule has 136 valence electrons. The molecule has 1 amide bonds. The van der Waals surface area contributed by atoms with Crippen LogP contribution in [0.4, 0.5) is 0 Å². The summed E-state index contributed by atoms with van der Waals surface area (Å²) in [5.74, 6) is 0.776. The first-order chi connectivity index (χ1) is 12.5. The first-order valence-corrected chi connectivity index (χ1v) is 7.83. The molecule has 0 aliphatic heterocycles. The number of ether oxygens (including phenoxy) is 3. The van der Waals surface area contributed by atoms with Crippen molar-refractivity contribution in [3.8, 4) is 17.2 Å². The molecule has 0 aliphatic carbocycles. The van der Waals surface area contributed by atoms with Crippen molar-refractivity contribution in [2.24, 2.45) is 5.10 Å². The minimum atomic E-state index is -0.435. The van der Waals surface area contributed by atoms with Gasteiger partial charge in [-0.25, -0.2) is 5.43 Å². The first kappa shape index (κ1) is 19.0. The third kappa shape index (κ3) is 5.62. The van der Waals surface area contributed by atoms with E-state index in [4.69, 9.17) is 14.2 Å². The van der Waals surface area contributed by atoms with Crippen LogP contribution >= 0.6 is 0 Å². The summed E-state index contributed by atoms with van der Waals surface area (Å²) in [4.78, 5) is 23.0. The molecule has 0 atom stereocenters. The van der Waals surface area contributed by atoms with Crippen molar-refractivity contribution in [1.29, 1.82) is 0 Å². The molecule has 0 saturated heterocycles. The molecule has 2 aromatic rings. The number of hydrogen-bond donors (Lipinski definition) is 1. The van der Waals surface area contributed by atoms with Crippen LogP contribution < -0.4 is 19.6 Å². The number of nitrogens with zero attached hydrogens (tertiary/aromatic N) is 1. The second-order valence-corrected chi connectivity index (χ2v) is 5.32. The summed E-state index contributed by atoms with van der Waals surface area (Å²) in [7, 11) is 3.06. The standard InChI is InChI=1S/C19H20N2O5/c1-13(22)26-17-9-6-15(10-18(17)25-3)12-20-21-19(23)11-14-4-7-16(24-2)8-5-14/h4-10,12H,11H2,1-3H3,(H,21,23)/b20-12+. The monoisotopic (exact) mass is 356 g/mol. The topological polar surface area (TPSA) is 86.2 Å². The maximum atomic E-state index is 11.9. The van der Waals surface area contributed by atoms with Gasteiger partial charge in [0.2, 0.25) is 5.91 Å². The Bertz CT molecular complexity index is 800. The Balaban J connectivity index is 1.94. The van der Waals surface area contributed by atoms with Gasteiger partial charge in [-0.2, -0.15) is 5.10 Å². The van der Waals surface area contributed by atoms with E-state index in [9.17, 15) is 9.59 Å². The molecule has 1 N–H and O–H groups in total. The van der Waals surface area contributed by atoms with Gasteiger partial charge in [0.15, 0.2) is 11.5 Å². The van der Waals surface area contributed by atoms with Gasteiger partial charge in [-0.3, -0.25) is 9.59 Å². The van der Waals surface area contributed by atoms with Gasteiger partial charge in [0.25, 0.3) is 0 Å². The number of hydrazone groups is 1. The number of carbonyl (C=O) groups excluding carboxylic acids is 2. The zero-order chi connectivity index (χ0) is 18.9. The lowest BCUT2D eigenvalue weighted by Crippen LogP contribution is -2.19. The average molecular weight is 356 g/mol. The Labute approximate surface area is 151 Å². The Morgan fingerprint density at radius 1 is 1.04 bits per heavy atom. The van der Waals surface area contributed by atoms with E-state index in [2.05, 4.69) is 10.5 Å². The Kier molecular flexibility index (Phi) is 6.73. The Hall–Kier alpha value is -3.35. The smallest absolute Gasteiger partial charge is 0.308 e. The number of hydrogen-bond acceptors (Lipinski definition) is 6. The van der Waals surface area contributed by atoms with E-state index in [-0.39, 0.29) is 12.3 Å². The summed E-state index contributed by atoms with van der Waals surface area (Å²) in [6, 6.07) is 12.2. The van der Waals surface area contributed by atoms with E-state index in [1.165, 1.54) is 20.2 Å². The van der Waals surface area contributed by atoms with Gasteiger partial charge in [-0.05, 0) is 41.5 Å². The summed E-state index contributed by atoms with van der Waals surface area (Å²) in [6.07, 6.45) is 1.68. The van der Waals surface area contributed by atoms with E-state index in [1.807, 2.05) is 12.1 Å². The number of rotatable bonds is 7. The third-order valence-corrected chi connectivity index (χ3v) is 3.37. The summed E-state index contributed by atoms with van der Waals surface area (Å²) < 4.78 is 15.3. The molecule has 0 heterocycles. The molecule has 0 bridgehead atoms. The van der Waals surface area contributed by atoms with Crippen LogP contribution in [0.3, 0.4) is 0 Å². The fourth-order valence-corrected chi connectivity index (χ4v) is 2.15. The van der Waals surface area contributed by atoms with E-state index < -0.39 is 5.97 Å². The fourth-order valence-electron chi connectivity index (χ4n) is 2.15. The van der Waals surface area contributed by atoms with Crippen LogP contribution in [-0.4, -0.2) is 32.3 Å². The lowest BCUT2D eigenvalue weighted by Gasteiger charge is -2.08. The predicted molar refractivity (Wildman–Crippen MR) is 96.7 cm³/mol. The third-order valence-electron chi connectivity index (χ3n) is 3.37. The molecular formula is C19H20N2O5. The van der Waals surface area contributed by atoms with Gasteiger partial charge >= 0.3 is 5.97 Å². The van der Waals surface area contributed by atoms with Crippen LogP contribution in [0.1, 0.15) is 18.1 Å². The molecular weight excluding hydrogens is 336 g/mol. The highest BCUT2D eigenvalue weighted by molar-refractivity contribution is 5.84. The van der Waals surface area contributed by atoms with Crippen molar-refractivity contribution in [1.82, 2.24) is 5.43 Å². The van der Waals surface area contributed by atoms with Crippen LogP contribution in [-0.2, 0) is 16.0 Å². The number of methoxy groups -OCH3 is 2. The normalized spacial score (nSPS) is 10.4. The molecule has 0 spiro atoms. The van der Waals surface area contributed by atoms with Crippen molar-refractivity contribution in [3.63, 3.8) is 0 Å². The molecule has 7 heteroatoms. The first-order valence-electron chi connectivity index (χ1n) is 7.83. The molecule has 0 radical (unpaired) electrons. The Morgan fingerprint density at radius 3 is 2.38 bits per heavy atom. The van der Waals surface area contributed by atoms with Crippen LogP contribution in [0.25, 0.3) is 0 Å². The average Bonchev–Trinajstić information content (AvgIpc) is 2.63. The van der Waals surface area contributed by atoms with Gasteiger partial charge < -0.3 is 14.2 Å². The predicted octanol–water partition coefficient (Wildman–Crippen LogP) is 2.32. The molecule has 0 aliphatic rings. The van der Waals surface area contributed by atoms with Crippen molar-refractivity contribution < 1.29 is 23.8 Å². The van der Waals surface area contributed by atoms with E-state index >= 15 is 0 Å². The van der Waals surface area contributed by atoms with E-state index in [1.54, 1.807) is 37.4 Å². The number of amides is 1. The minimum absolute atomic E-state index is 0.204. The fraction of sp³-hybridized carbons (Fsp3) is 0.211. The molecule has 7 nitrogen and oxygen atoms in total. The second-order valence-electron chi connectivity index (χ2n) is 5.32. The van der Waals surface area contributed by atoms with Gasteiger partial charge in [0.05, 0.1) is 26.9 Å².